The van der Waals surface area contributed by atoms with Gasteiger partial charge in [0, 0.05) is 25.0 Å². The van der Waals surface area contributed by atoms with Crippen LogP contribution in [0.2, 0.25) is 0 Å². The second kappa shape index (κ2) is 8.29. The van der Waals surface area contributed by atoms with Crippen molar-refractivity contribution in [1.82, 2.24) is 25.4 Å². The minimum Gasteiger partial charge on any atom is -0.444 e. The Morgan fingerprint density at radius 3 is 2.48 bits per heavy atom. The van der Waals surface area contributed by atoms with Crippen molar-refractivity contribution in [3.8, 4) is 0 Å². The fourth-order valence-corrected chi connectivity index (χ4v) is 2.07. The molecule has 0 aliphatic carbocycles. The van der Waals surface area contributed by atoms with Gasteiger partial charge in [-0.05, 0) is 54.5 Å². The Kier molecular flexibility index (Phi) is 7.00. The maximum absolute atomic E-state index is 12.3. The molecule has 7 nitrogen and oxygen atoms in total. The highest BCUT2D eigenvalue weighted by Gasteiger charge is 2.30. The predicted octanol–water partition coefficient (Wildman–Crippen LogP) is 2.36. The van der Waals surface area contributed by atoms with Crippen LogP contribution < -0.4 is 5.32 Å². The van der Waals surface area contributed by atoms with E-state index in [0.717, 1.165) is 31.8 Å². The van der Waals surface area contributed by atoms with Crippen molar-refractivity contribution in [3.63, 3.8) is 0 Å². The molecule has 0 saturated heterocycles. The molecule has 0 aliphatic heterocycles. The van der Waals surface area contributed by atoms with Gasteiger partial charge in [-0.3, -0.25) is 5.10 Å². The van der Waals surface area contributed by atoms with Gasteiger partial charge in [0.15, 0.2) is 0 Å². The fourth-order valence-electron chi connectivity index (χ4n) is 2.07. The molecular weight excluding hydrogens is 294 g/mol. The molecule has 7 heteroatoms. The van der Waals surface area contributed by atoms with Crippen LogP contribution in [0.15, 0.2) is 6.33 Å². The number of aromatic nitrogens is 3. The number of nitrogens with one attached hydrogen (secondary N) is 2. The first-order valence-corrected chi connectivity index (χ1v) is 8.15. The van der Waals surface area contributed by atoms with Crippen molar-refractivity contribution in [2.45, 2.75) is 65.5 Å². The molecule has 1 heterocycles. The SMILES string of the molecule is CC(C)(C)OC(=O)N(CCNCCCc1ncn[nH]1)C(C)(C)C. The van der Waals surface area contributed by atoms with Gasteiger partial charge in [0.2, 0.25) is 0 Å². The fraction of sp³-hybridized carbons (Fsp3) is 0.812. The van der Waals surface area contributed by atoms with Crippen LogP contribution in [-0.2, 0) is 11.2 Å². The van der Waals surface area contributed by atoms with E-state index in [1.165, 1.54) is 6.33 Å². The molecule has 0 radical (unpaired) electrons. The van der Waals surface area contributed by atoms with Gasteiger partial charge in [-0.2, -0.15) is 5.10 Å². The molecule has 0 saturated carbocycles. The zero-order valence-electron chi connectivity index (χ0n) is 15.3. The number of rotatable bonds is 7. The minimum atomic E-state index is -0.481. The van der Waals surface area contributed by atoms with Crippen molar-refractivity contribution < 1.29 is 9.53 Å². The van der Waals surface area contributed by atoms with Crippen molar-refractivity contribution in [2.24, 2.45) is 0 Å². The normalized spacial score (nSPS) is 12.3. The molecule has 132 valence electrons. The first-order valence-electron chi connectivity index (χ1n) is 8.15. The van der Waals surface area contributed by atoms with E-state index in [1.54, 1.807) is 4.90 Å². The molecule has 1 aromatic rings. The summed E-state index contributed by atoms with van der Waals surface area (Å²) in [6.07, 6.45) is 3.08. The minimum absolute atomic E-state index is 0.270. The van der Waals surface area contributed by atoms with Crippen molar-refractivity contribution in [1.29, 1.82) is 0 Å². The van der Waals surface area contributed by atoms with Gasteiger partial charge < -0.3 is 15.0 Å². The van der Waals surface area contributed by atoms with Gasteiger partial charge >= 0.3 is 6.09 Å². The van der Waals surface area contributed by atoms with Gasteiger partial charge in [0.05, 0.1) is 0 Å². The molecule has 2 N–H and O–H groups in total. The molecule has 0 spiro atoms. The number of amides is 1. The van der Waals surface area contributed by atoms with Gasteiger partial charge in [0.1, 0.15) is 17.8 Å². The Labute approximate surface area is 139 Å². The first kappa shape index (κ1) is 19.4. The van der Waals surface area contributed by atoms with Crippen molar-refractivity contribution >= 4 is 6.09 Å². The Bertz CT molecular complexity index is 460. The zero-order chi connectivity index (χ0) is 17.5. The largest absolute Gasteiger partial charge is 0.444 e. The molecule has 1 amide bonds. The van der Waals surface area contributed by atoms with E-state index in [0.29, 0.717) is 6.54 Å². The highest BCUT2D eigenvalue weighted by atomic mass is 16.6. The highest BCUT2D eigenvalue weighted by molar-refractivity contribution is 5.69. The van der Waals surface area contributed by atoms with E-state index >= 15 is 0 Å². The summed E-state index contributed by atoms with van der Waals surface area (Å²) >= 11 is 0. The average Bonchev–Trinajstić information content (AvgIpc) is 2.86. The van der Waals surface area contributed by atoms with Crippen LogP contribution in [0.5, 0.6) is 0 Å². The standard InChI is InChI=1S/C16H31N5O2/c1-15(2,3)21(14(22)23-16(4,5)6)11-10-17-9-7-8-13-18-12-19-20-13/h12,17H,7-11H2,1-6H3,(H,18,19,20). The number of ether oxygens (including phenoxy) is 1. The lowest BCUT2D eigenvalue weighted by Crippen LogP contribution is -2.50. The lowest BCUT2D eigenvalue weighted by Gasteiger charge is -2.36. The van der Waals surface area contributed by atoms with E-state index in [9.17, 15) is 4.79 Å². The third kappa shape index (κ3) is 7.97. The molecule has 0 fully saturated rings. The number of carbonyl (C=O) groups excluding carboxylic acids is 1. The zero-order valence-corrected chi connectivity index (χ0v) is 15.3. The van der Waals surface area contributed by atoms with Gasteiger partial charge in [-0.25, -0.2) is 9.78 Å². The third-order valence-corrected chi connectivity index (χ3v) is 3.17. The average molecular weight is 325 g/mol. The number of carbonyl (C=O) groups is 1. The summed E-state index contributed by atoms with van der Waals surface area (Å²) in [5.74, 6) is 0.900. The summed E-state index contributed by atoms with van der Waals surface area (Å²) in [6, 6.07) is 0. The molecule has 0 bridgehead atoms. The summed E-state index contributed by atoms with van der Waals surface area (Å²) in [6.45, 7) is 13.9. The first-order chi connectivity index (χ1) is 10.6. The Morgan fingerprint density at radius 2 is 1.96 bits per heavy atom. The van der Waals surface area contributed by atoms with Gasteiger partial charge in [-0.15, -0.1) is 0 Å². The van der Waals surface area contributed by atoms with Gasteiger partial charge in [0.25, 0.3) is 0 Å². The van der Waals surface area contributed by atoms with E-state index in [2.05, 4.69) is 20.5 Å². The van der Waals surface area contributed by atoms with Crippen LogP contribution in [0, 0.1) is 0 Å². The maximum Gasteiger partial charge on any atom is 0.410 e. The number of nitrogens with zero attached hydrogens (tertiary/aromatic N) is 3. The van der Waals surface area contributed by atoms with E-state index < -0.39 is 5.60 Å². The number of hydrogen-bond acceptors (Lipinski definition) is 5. The smallest absolute Gasteiger partial charge is 0.410 e. The number of aromatic amines is 1. The Morgan fingerprint density at radius 1 is 1.26 bits per heavy atom. The quantitative estimate of drug-likeness (QED) is 0.752. The van der Waals surface area contributed by atoms with E-state index in [1.807, 2.05) is 41.5 Å². The van der Waals surface area contributed by atoms with Crippen LogP contribution in [0.4, 0.5) is 4.79 Å². The summed E-state index contributed by atoms with van der Waals surface area (Å²) in [4.78, 5) is 18.2. The van der Waals surface area contributed by atoms with Crippen LogP contribution >= 0.6 is 0 Å². The number of hydrogen-bond donors (Lipinski definition) is 2. The van der Waals surface area contributed by atoms with Crippen LogP contribution in [-0.4, -0.2) is 56.9 Å². The molecule has 0 atom stereocenters. The number of H-pyrrole nitrogens is 1. The molecule has 0 aromatic carbocycles. The Balaban J connectivity index is 2.32. The maximum atomic E-state index is 12.3. The van der Waals surface area contributed by atoms with Crippen LogP contribution in [0.25, 0.3) is 0 Å². The highest BCUT2D eigenvalue weighted by Crippen LogP contribution is 2.17. The molecule has 0 aliphatic rings. The van der Waals surface area contributed by atoms with Crippen molar-refractivity contribution in [2.75, 3.05) is 19.6 Å². The second-order valence-electron chi connectivity index (χ2n) is 7.59. The van der Waals surface area contributed by atoms with Crippen LogP contribution in [0.1, 0.15) is 53.8 Å². The monoisotopic (exact) mass is 325 g/mol. The van der Waals surface area contributed by atoms with Crippen LogP contribution in [0.3, 0.4) is 0 Å². The van der Waals surface area contributed by atoms with E-state index in [4.69, 9.17) is 4.74 Å². The molecule has 0 unspecified atom stereocenters. The second-order valence-corrected chi connectivity index (χ2v) is 7.59. The Hall–Kier alpha value is -1.63. The topological polar surface area (TPSA) is 83.1 Å². The summed E-state index contributed by atoms with van der Waals surface area (Å²) in [7, 11) is 0. The molecule has 1 rings (SSSR count). The molecular formula is C16H31N5O2. The lowest BCUT2D eigenvalue weighted by molar-refractivity contribution is 0.00666. The molecule has 1 aromatic heterocycles. The van der Waals surface area contributed by atoms with Crippen molar-refractivity contribution in [3.05, 3.63) is 12.2 Å². The molecule has 23 heavy (non-hydrogen) atoms. The summed E-state index contributed by atoms with van der Waals surface area (Å²) in [5, 5.41) is 10.0. The third-order valence-electron chi connectivity index (χ3n) is 3.17. The predicted molar refractivity (Wildman–Crippen MR) is 90.3 cm³/mol. The van der Waals surface area contributed by atoms with Gasteiger partial charge in [-0.1, -0.05) is 0 Å². The number of aryl methyl sites for hydroxylation is 1. The van der Waals surface area contributed by atoms with E-state index in [-0.39, 0.29) is 11.6 Å². The lowest BCUT2D eigenvalue weighted by atomic mass is 10.1. The summed E-state index contributed by atoms with van der Waals surface area (Å²) in [5.41, 5.74) is -0.755. The summed E-state index contributed by atoms with van der Waals surface area (Å²) < 4.78 is 5.49.